The lowest BCUT2D eigenvalue weighted by Crippen LogP contribution is -2.31. The average Bonchev–Trinajstić information content (AvgIpc) is 3.13. The van der Waals surface area contributed by atoms with Crippen molar-refractivity contribution < 1.29 is 22.7 Å². The molecule has 0 saturated carbocycles. The molecule has 0 aliphatic carbocycles. The molecule has 0 radical (unpaired) electrons. The highest BCUT2D eigenvalue weighted by molar-refractivity contribution is 9.10. The van der Waals surface area contributed by atoms with Gasteiger partial charge in [0.1, 0.15) is 0 Å². The molecule has 1 amide bonds. The second-order valence-electron chi connectivity index (χ2n) is 8.02. The molecule has 1 aromatic heterocycles. The van der Waals surface area contributed by atoms with Crippen LogP contribution in [0.5, 0.6) is 0 Å². The zero-order valence-electron chi connectivity index (χ0n) is 18.8. The highest BCUT2D eigenvalue weighted by Crippen LogP contribution is 2.27. The summed E-state index contributed by atoms with van der Waals surface area (Å²) in [5.74, 6) is -1.23. The molecule has 4 rings (SSSR count). The summed E-state index contributed by atoms with van der Waals surface area (Å²) in [4.78, 5) is 29.1. The Kier molecular flexibility index (Phi) is 8.32. The van der Waals surface area contributed by atoms with Gasteiger partial charge in [-0.05, 0) is 49.2 Å². The Morgan fingerprint density at radius 1 is 1.06 bits per heavy atom. The fraction of sp³-hybridized carbons (Fsp3) is 0.292. The number of thiazole rings is 1. The number of ether oxygens (including phenoxy) is 1. The largest absolute Gasteiger partial charge is 0.452 e. The van der Waals surface area contributed by atoms with Crippen molar-refractivity contribution >= 4 is 54.3 Å². The first kappa shape index (κ1) is 25.5. The van der Waals surface area contributed by atoms with E-state index in [2.05, 4.69) is 26.2 Å². The summed E-state index contributed by atoms with van der Waals surface area (Å²) < 4.78 is 33.2. The van der Waals surface area contributed by atoms with Gasteiger partial charge in [0.25, 0.3) is 5.91 Å². The van der Waals surface area contributed by atoms with Crippen molar-refractivity contribution in [2.24, 2.45) is 0 Å². The Bertz CT molecular complexity index is 1300. The summed E-state index contributed by atoms with van der Waals surface area (Å²) in [5, 5.41) is 4.84. The maximum Gasteiger partial charge on any atom is 0.338 e. The molecule has 0 unspecified atom stereocenters. The van der Waals surface area contributed by atoms with Crippen LogP contribution in [0.25, 0.3) is 11.3 Å². The highest BCUT2D eigenvalue weighted by Gasteiger charge is 2.25. The van der Waals surface area contributed by atoms with Gasteiger partial charge in [-0.1, -0.05) is 40.9 Å². The molecule has 1 fully saturated rings. The van der Waals surface area contributed by atoms with E-state index in [4.69, 9.17) is 4.74 Å². The minimum Gasteiger partial charge on any atom is -0.452 e. The molecule has 2 aromatic carbocycles. The number of halogens is 1. The Morgan fingerprint density at radius 3 is 2.46 bits per heavy atom. The molecule has 184 valence electrons. The standard InChI is InChI=1S/C24H24BrN3O5S2/c25-19-7-5-6-18(14-19)21-16-34-24(26-21)27-22(29)15-33-23(30)17-8-10-20(11-9-17)35(31,32)28-12-3-1-2-4-13-28/h5-11,14,16H,1-4,12-13,15H2,(H,26,27,29). The summed E-state index contributed by atoms with van der Waals surface area (Å²) in [5.41, 5.74) is 1.79. The van der Waals surface area contributed by atoms with Crippen molar-refractivity contribution in [3.8, 4) is 11.3 Å². The van der Waals surface area contributed by atoms with Crippen LogP contribution >= 0.6 is 27.3 Å². The van der Waals surface area contributed by atoms with Crippen molar-refractivity contribution in [2.75, 3.05) is 25.0 Å². The van der Waals surface area contributed by atoms with Crippen LogP contribution < -0.4 is 5.32 Å². The lowest BCUT2D eigenvalue weighted by molar-refractivity contribution is -0.119. The number of esters is 1. The first-order chi connectivity index (χ1) is 16.8. The summed E-state index contributed by atoms with van der Waals surface area (Å²) in [6, 6.07) is 13.2. The quantitative estimate of drug-likeness (QED) is 0.399. The van der Waals surface area contributed by atoms with E-state index in [1.165, 1.54) is 39.9 Å². The van der Waals surface area contributed by atoms with Crippen LogP contribution in [-0.2, 0) is 19.6 Å². The SMILES string of the molecule is O=C(COC(=O)c1ccc(S(=O)(=O)N2CCCCCC2)cc1)Nc1nc(-c2cccc(Br)c2)cs1. The third-order valence-corrected chi connectivity index (χ3v) is 8.66. The molecule has 35 heavy (non-hydrogen) atoms. The summed E-state index contributed by atoms with van der Waals surface area (Å²) in [7, 11) is -3.60. The van der Waals surface area contributed by atoms with E-state index in [-0.39, 0.29) is 10.5 Å². The molecule has 0 spiro atoms. The van der Waals surface area contributed by atoms with Gasteiger partial charge >= 0.3 is 5.97 Å². The van der Waals surface area contributed by atoms with Crippen molar-refractivity contribution in [3.05, 3.63) is 63.9 Å². The molecule has 8 nitrogen and oxygen atoms in total. The van der Waals surface area contributed by atoms with Crippen molar-refractivity contribution in [2.45, 2.75) is 30.6 Å². The number of hydrogen-bond acceptors (Lipinski definition) is 7. The van der Waals surface area contributed by atoms with Gasteiger partial charge in [0.2, 0.25) is 10.0 Å². The number of carbonyl (C=O) groups is 2. The number of sulfonamides is 1. The van der Waals surface area contributed by atoms with Gasteiger partial charge in [0.15, 0.2) is 11.7 Å². The monoisotopic (exact) mass is 577 g/mol. The van der Waals surface area contributed by atoms with E-state index in [0.29, 0.717) is 18.2 Å². The number of anilines is 1. The number of rotatable bonds is 7. The minimum absolute atomic E-state index is 0.138. The zero-order valence-corrected chi connectivity index (χ0v) is 22.0. The molecule has 11 heteroatoms. The van der Waals surface area contributed by atoms with Crippen LogP contribution in [0.1, 0.15) is 36.0 Å². The van der Waals surface area contributed by atoms with Gasteiger partial charge in [0.05, 0.1) is 16.2 Å². The summed E-state index contributed by atoms with van der Waals surface area (Å²) >= 11 is 4.69. The number of nitrogens with one attached hydrogen (secondary N) is 1. The maximum atomic E-state index is 12.9. The second-order valence-corrected chi connectivity index (χ2v) is 11.7. The van der Waals surface area contributed by atoms with E-state index < -0.39 is 28.5 Å². The topological polar surface area (TPSA) is 106 Å². The normalized spacial score (nSPS) is 14.8. The van der Waals surface area contributed by atoms with Crippen molar-refractivity contribution in [1.82, 2.24) is 9.29 Å². The van der Waals surface area contributed by atoms with E-state index in [9.17, 15) is 18.0 Å². The number of nitrogens with zero attached hydrogens (tertiary/aromatic N) is 2. The van der Waals surface area contributed by atoms with Gasteiger partial charge in [-0.2, -0.15) is 4.31 Å². The van der Waals surface area contributed by atoms with Gasteiger partial charge in [0, 0.05) is 28.5 Å². The van der Waals surface area contributed by atoms with Crippen LogP contribution in [0.3, 0.4) is 0 Å². The van der Waals surface area contributed by atoms with Crippen LogP contribution in [0.2, 0.25) is 0 Å². The molecule has 1 N–H and O–H groups in total. The van der Waals surface area contributed by atoms with Gasteiger partial charge < -0.3 is 4.74 Å². The fourth-order valence-electron chi connectivity index (χ4n) is 3.68. The van der Waals surface area contributed by atoms with E-state index in [0.717, 1.165) is 41.4 Å². The molecule has 1 aliphatic heterocycles. The fourth-order valence-corrected chi connectivity index (χ4v) is 6.33. The van der Waals surface area contributed by atoms with Gasteiger partial charge in [-0.25, -0.2) is 18.2 Å². The molecule has 2 heterocycles. The lowest BCUT2D eigenvalue weighted by atomic mass is 10.2. The number of benzene rings is 2. The molecular formula is C24H24BrN3O5S2. The van der Waals surface area contributed by atoms with Gasteiger partial charge in [-0.3, -0.25) is 10.1 Å². The minimum atomic E-state index is -3.60. The summed E-state index contributed by atoms with van der Waals surface area (Å²) in [6.45, 7) is 0.522. The molecule has 1 saturated heterocycles. The molecule has 3 aromatic rings. The Morgan fingerprint density at radius 2 is 1.77 bits per heavy atom. The smallest absolute Gasteiger partial charge is 0.338 e. The number of amides is 1. The van der Waals surface area contributed by atoms with Crippen LogP contribution in [0.4, 0.5) is 5.13 Å². The Balaban J connectivity index is 1.31. The first-order valence-electron chi connectivity index (χ1n) is 11.1. The molecular weight excluding hydrogens is 554 g/mol. The van der Waals surface area contributed by atoms with Crippen molar-refractivity contribution in [3.63, 3.8) is 0 Å². The summed E-state index contributed by atoms with van der Waals surface area (Å²) in [6.07, 6.45) is 3.74. The predicted octanol–water partition coefficient (Wildman–Crippen LogP) is 4.93. The second kappa shape index (κ2) is 11.4. The number of carbonyl (C=O) groups excluding carboxylic acids is 2. The Labute approximate surface area is 216 Å². The van der Waals surface area contributed by atoms with Crippen molar-refractivity contribution in [1.29, 1.82) is 0 Å². The van der Waals surface area contributed by atoms with E-state index >= 15 is 0 Å². The zero-order chi connectivity index (χ0) is 24.8. The third-order valence-electron chi connectivity index (χ3n) is 5.50. The number of hydrogen-bond donors (Lipinski definition) is 1. The molecule has 0 atom stereocenters. The van der Waals surface area contributed by atoms with Crippen LogP contribution in [0.15, 0.2) is 63.3 Å². The van der Waals surface area contributed by atoms with E-state index in [1.54, 1.807) is 0 Å². The van der Waals surface area contributed by atoms with Crippen LogP contribution in [-0.4, -0.2) is 49.3 Å². The highest BCUT2D eigenvalue weighted by atomic mass is 79.9. The molecule has 1 aliphatic rings. The average molecular weight is 579 g/mol. The maximum absolute atomic E-state index is 12.9. The van der Waals surface area contributed by atoms with Gasteiger partial charge in [-0.15, -0.1) is 11.3 Å². The van der Waals surface area contributed by atoms with Crippen LogP contribution in [0, 0.1) is 0 Å². The van der Waals surface area contributed by atoms with E-state index in [1.807, 2.05) is 29.6 Å². The number of aromatic nitrogens is 1. The predicted molar refractivity (Wildman–Crippen MR) is 138 cm³/mol. The lowest BCUT2D eigenvalue weighted by Gasteiger charge is -2.19. The molecule has 0 bridgehead atoms. The Hall–Kier alpha value is -2.60. The third kappa shape index (κ3) is 6.54. The first-order valence-corrected chi connectivity index (χ1v) is 14.2.